The number of aryl methyl sites for hydroxylation is 1. The van der Waals surface area contributed by atoms with Gasteiger partial charge >= 0.3 is 0 Å². The molecule has 1 fully saturated rings. The van der Waals surface area contributed by atoms with E-state index in [4.69, 9.17) is 0 Å². The van der Waals surface area contributed by atoms with E-state index in [1.165, 1.54) is 6.07 Å². The predicted octanol–water partition coefficient (Wildman–Crippen LogP) is 1.82. The molecule has 34 heavy (non-hydrogen) atoms. The van der Waals surface area contributed by atoms with Crippen molar-refractivity contribution in [2.75, 3.05) is 23.5 Å². The van der Waals surface area contributed by atoms with Crippen LogP contribution in [0.3, 0.4) is 0 Å². The Balaban J connectivity index is 1.56. The molecule has 1 N–H and O–H groups in total. The lowest BCUT2D eigenvalue weighted by atomic mass is 10.1. The predicted molar refractivity (Wildman–Crippen MR) is 132 cm³/mol. The summed E-state index contributed by atoms with van der Waals surface area (Å²) in [5.41, 5.74) is 1.40. The summed E-state index contributed by atoms with van der Waals surface area (Å²) in [6.45, 7) is 2.60. The number of aliphatic imine (C=N–C) groups is 1. The molecule has 1 amide bonds. The van der Waals surface area contributed by atoms with Gasteiger partial charge in [-0.15, -0.1) is 0 Å². The minimum atomic E-state index is -3.75. The third-order valence-corrected chi connectivity index (χ3v) is 8.22. The van der Waals surface area contributed by atoms with Gasteiger partial charge in [-0.25, -0.2) is 18.1 Å². The van der Waals surface area contributed by atoms with Crippen LogP contribution in [-0.2, 0) is 23.6 Å². The van der Waals surface area contributed by atoms with Crippen molar-refractivity contribution in [3.63, 3.8) is 0 Å². The highest BCUT2D eigenvalue weighted by Crippen LogP contribution is 2.38. The largest absolute Gasteiger partial charge is 0.295 e. The zero-order chi connectivity index (χ0) is 24.1. The van der Waals surface area contributed by atoms with Crippen LogP contribution in [0.15, 0.2) is 40.5 Å². The fourth-order valence-electron chi connectivity index (χ4n) is 4.15. The Labute approximate surface area is 203 Å². The zero-order valence-corrected chi connectivity index (χ0v) is 20.9. The second kappa shape index (κ2) is 8.45. The smallest absolute Gasteiger partial charge is 0.263 e. The number of fused-ring (bicyclic) bond motifs is 3. The summed E-state index contributed by atoms with van der Waals surface area (Å²) in [6, 6.07) is 4.50. The Bertz CT molecular complexity index is 1350. The molecule has 1 aromatic heterocycles. The number of rotatable bonds is 6. The molecule has 0 saturated heterocycles. The Hall–Kier alpha value is -2.81. The molecule has 0 unspecified atom stereocenters. The van der Waals surface area contributed by atoms with E-state index in [1.54, 1.807) is 39.7 Å². The highest BCUT2D eigenvalue weighted by atomic mass is 32.2. The van der Waals surface area contributed by atoms with Crippen molar-refractivity contribution in [3.8, 4) is 11.8 Å². The van der Waals surface area contributed by atoms with Crippen LogP contribution in [0.5, 0.6) is 0 Å². The quantitative estimate of drug-likeness (QED) is 0.610. The Kier molecular flexibility index (Phi) is 5.70. The molecule has 1 aromatic carbocycles. The lowest BCUT2D eigenvalue weighted by molar-refractivity contribution is 0.0833. The maximum Gasteiger partial charge on any atom is 0.263 e. The van der Waals surface area contributed by atoms with Crippen molar-refractivity contribution in [2.45, 2.75) is 42.8 Å². The number of sulfonamides is 1. The van der Waals surface area contributed by atoms with Crippen LogP contribution in [0.4, 0.5) is 5.69 Å². The highest BCUT2D eigenvalue weighted by molar-refractivity contribution is 7.98. The van der Waals surface area contributed by atoms with E-state index >= 15 is 0 Å². The SMILES string of the molecule is CSCC#C[C@H]1CN=C2N(Cc3cnn(C)c3)C(=O)c3cc(S(=O)(=O)NC4(C)CC4)ccc3N21. The number of carbonyl (C=O) groups excluding carboxylic acids is 1. The third kappa shape index (κ3) is 4.21. The molecular formula is C23H26N6O3S2. The van der Waals surface area contributed by atoms with Gasteiger partial charge in [0.05, 0.1) is 41.2 Å². The minimum absolute atomic E-state index is 0.0821. The van der Waals surface area contributed by atoms with Crippen molar-refractivity contribution >= 4 is 39.3 Å². The Morgan fingerprint density at radius 1 is 1.32 bits per heavy atom. The topological polar surface area (TPSA) is 99.9 Å². The minimum Gasteiger partial charge on any atom is -0.295 e. The van der Waals surface area contributed by atoms with Gasteiger partial charge in [-0.1, -0.05) is 11.8 Å². The van der Waals surface area contributed by atoms with E-state index in [1.807, 2.05) is 31.3 Å². The number of hydrogen-bond donors (Lipinski definition) is 1. The van der Waals surface area contributed by atoms with Gasteiger partial charge in [-0.3, -0.25) is 19.3 Å². The molecule has 1 atom stereocenters. The van der Waals surface area contributed by atoms with E-state index in [0.717, 1.165) is 18.4 Å². The van der Waals surface area contributed by atoms with Gasteiger partial charge in [0.1, 0.15) is 6.04 Å². The summed E-state index contributed by atoms with van der Waals surface area (Å²) >= 11 is 1.64. The normalized spacial score (nSPS) is 20.4. The van der Waals surface area contributed by atoms with E-state index in [2.05, 4.69) is 26.7 Å². The number of carbonyl (C=O) groups is 1. The van der Waals surface area contributed by atoms with Crippen LogP contribution < -0.4 is 9.62 Å². The van der Waals surface area contributed by atoms with Gasteiger partial charge in [0.25, 0.3) is 5.91 Å². The number of nitrogens with zero attached hydrogens (tertiary/aromatic N) is 5. The summed E-state index contributed by atoms with van der Waals surface area (Å²) in [5.74, 6) is 7.37. The molecule has 1 aliphatic carbocycles. The molecular weight excluding hydrogens is 472 g/mol. The third-order valence-electron chi connectivity index (χ3n) is 6.15. The number of anilines is 1. The molecule has 3 heterocycles. The first-order valence-corrected chi connectivity index (χ1v) is 13.9. The molecule has 5 rings (SSSR count). The van der Waals surface area contributed by atoms with Crippen LogP contribution in [-0.4, -0.2) is 65.1 Å². The van der Waals surface area contributed by atoms with Crippen molar-refractivity contribution in [1.82, 2.24) is 19.4 Å². The Morgan fingerprint density at radius 2 is 2.12 bits per heavy atom. The lowest BCUT2D eigenvalue weighted by Gasteiger charge is -2.37. The summed E-state index contributed by atoms with van der Waals surface area (Å²) < 4.78 is 30.5. The molecule has 2 aromatic rings. The van der Waals surface area contributed by atoms with Gasteiger partial charge in [-0.05, 0) is 44.2 Å². The molecule has 9 nitrogen and oxygen atoms in total. The average Bonchev–Trinajstić information content (AvgIpc) is 3.17. The molecule has 1 saturated carbocycles. The number of thioether (sulfide) groups is 1. The molecule has 0 bridgehead atoms. The van der Waals surface area contributed by atoms with Gasteiger partial charge in [0.15, 0.2) is 0 Å². The summed E-state index contributed by atoms with van der Waals surface area (Å²) in [5, 5.41) is 4.20. The van der Waals surface area contributed by atoms with E-state index in [9.17, 15) is 13.2 Å². The van der Waals surface area contributed by atoms with E-state index in [0.29, 0.717) is 29.5 Å². The lowest BCUT2D eigenvalue weighted by Crippen LogP contribution is -2.52. The van der Waals surface area contributed by atoms with Crippen LogP contribution >= 0.6 is 11.8 Å². The van der Waals surface area contributed by atoms with Crippen molar-refractivity contribution in [2.24, 2.45) is 12.0 Å². The highest BCUT2D eigenvalue weighted by Gasteiger charge is 2.44. The fraction of sp³-hybridized carbons (Fsp3) is 0.435. The number of guanidine groups is 1. The summed E-state index contributed by atoms with van der Waals surface area (Å²) in [4.78, 5) is 21.9. The number of amides is 1. The van der Waals surface area contributed by atoms with Gasteiger partial charge in [-0.2, -0.15) is 16.9 Å². The summed E-state index contributed by atoms with van der Waals surface area (Å²) in [6.07, 6.45) is 7.16. The number of aromatic nitrogens is 2. The number of nitrogens with one attached hydrogen (secondary N) is 1. The fourth-order valence-corrected chi connectivity index (χ4v) is 5.87. The van der Waals surface area contributed by atoms with Crippen LogP contribution in [0.1, 0.15) is 35.7 Å². The maximum atomic E-state index is 13.7. The molecule has 0 radical (unpaired) electrons. The van der Waals surface area contributed by atoms with Crippen molar-refractivity contribution < 1.29 is 13.2 Å². The molecule has 11 heteroatoms. The maximum absolute atomic E-state index is 13.7. The first kappa shape index (κ1) is 23.0. The Morgan fingerprint density at radius 3 is 2.79 bits per heavy atom. The second-order valence-corrected chi connectivity index (χ2v) is 11.6. The van der Waals surface area contributed by atoms with E-state index in [-0.39, 0.29) is 23.4 Å². The number of benzene rings is 1. The van der Waals surface area contributed by atoms with E-state index < -0.39 is 15.6 Å². The second-order valence-electron chi connectivity index (χ2n) is 9.04. The first-order valence-electron chi connectivity index (χ1n) is 11.0. The van der Waals surface area contributed by atoms with Crippen LogP contribution in [0.25, 0.3) is 0 Å². The average molecular weight is 499 g/mol. The summed E-state index contributed by atoms with van der Waals surface area (Å²) in [7, 11) is -1.93. The standard InChI is InChI=1S/C23H26N6O3S2/c1-23(8-9-23)26-34(31,32)18-6-7-20-19(11-18)21(30)28(15-16-12-25-27(2)14-16)22-24-13-17(29(20)22)5-4-10-33-3/h6-7,11-12,14,17,26H,8-10,13,15H2,1-3H3/t17-/m0/s1. The van der Waals surface area contributed by atoms with Gasteiger partial charge < -0.3 is 0 Å². The zero-order valence-electron chi connectivity index (χ0n) is 19.3. The van der Waals surface area contributed by atoms with Crippen molar-refractivity contribution in [1.29, 1.82) is 0 Å². The van der Waals surface area contributed by atoms with Gasteiger partial charge in [0, 0.05) is 24.3 Å². The molecule has 3 aliphatic rings. The molecule has 2 aliphatic heterocycles. The van der Waals surface area contributed by atoms with Gasteiger partial charge in [0.2, 0.25) is 16.0 Å². The molecule has 0 spiro atoms. The molecule has 178 valence electrons. The monoisotopic (exact) mass is 498 g/mol. The number of hydrogen-bond acceptors (Lipinski definition) is 7. The van der Waals surface area contributed by atoms with Crippen LogP contribution in [0, 0.1) is 11.8 Å². The first-order chi connectivity index (χ1) is 16.2. The van der Waals surface area contributed by atoms with Crippen LogP contribution in [0.2, 0.25) is 0 Å². The van der Waals surface area contributed by atoms with Crippen molar-refractivity contribution in [3.05, 3.63) is 41.7 Å².